The Kier molecular flexibility index (Phi) is 2.60. The molecule has 0 amide bonds. The monoisotopic (exact) mass is 217 g/mol. The van der Waals surface area contributed by atoms with E-state index in [0.29, 0.717) is 6.04 Å². The third-order valence-electron chi connectivity index (χ3n) is 3.61. The molecule has 1 saturated heterocycles. The van der Waals surface area contributed by atoms with Crippen LogP contribution in [0.3, 0.4) is 0 Å². The van der Waals surface area contributed by atoms with Crippen LogP contribution in [0.25, 0.3) is 0 Å². The molecule has 0 bridgehead atoms. The fourth-order valence-corrected chi connectivity index (χ4v) is 2.89. The van der Waals surface area contributed by atoms with E-state index in [2.05, 4.69) is 24.4 Å². The maximum absolute atomic E-state index is 5.88. The van der Waals surface area contributed by atoms with Crippen molar-refractivity contribution in [3.05, 3.63) is 28.8 Å². The van der Waals surface area contributed by atoms with Crippen LogP contribution < -0.4 is 10.1 Å². The number of ether oxygens (including phenoxy) is 1. The molecule has 86 valence electrons. The van der Waals surface area contributed by atoms with Crippen LogP contribution in [0.15, 0.2) is 12.1 Å². The minimum absolute atomic E-state index is 0.520. The van der Waals surface area contributed by atoms with Gasteiger partial charge >= 0.3 is 0 Å². The van der Waals surface area contributed by atoms with E-state index in [1.54, 1.807) is 0 Å². The Hall–Kier alpha value is -1.02. The van der Waals surface area contributed by atoms with E-state index in [1.165, 1.54) is 41.7 Å². The van der Waals surface area contributed by atoms with Gasteiger partial charge in [0.05, 0.1) is 6.61 Å². The molecule has 0 aromatic heterocycles. The molecule has 0 radical (unpaired) electrons. The number of nitrogens with one attached hydrogen (secondary N) is 1. The number of rotatable bonds is 1. The quantitative estimate of drug-likeness (QED) is 0.781. The molecule has 0 aliphatic carbocycles. The third kappa shape index (κ3) is 1.71. The van der Waals surface area contributed by atoms with Crippen molar-refractivity contribution in [2.45, 2.75) is 38.6 Å². The highest BCUT2D eigenvalue weighted by Gasteiger charge is 2.23. The summed E-state index contributed by atoms with van der Waals surface area (Å²) in [6.07, 6.45) is 4.87. The van der Waals surface area contributed by atoms with Crippen LogP contribution in [0.2, 0.25) is 0 Å². The zero-order valence-corrected chi connectivity index (χ0v) is 9.88. The smallest absolute Gasteiger partial charge is 0.127 e. The molecule has 16 heavy (non-hydrogen) atoms. The number of hydrogen-bond donors (Lipinski definition) is 1. The van der Waals surface area contributed by atoms with Gasteiger partial charge in [0, 0.05) is 11.6 Å². The van der Waals surface area contributed by atoms with Gasteiger partial charge in [-0.3, -0.25) is 0 Å². The molecule has 1 aromatic rings. The summed E-state index contributed by atoms with van der Waals surface area (Å²) >= 11 is 0. The van der Waals surface area contributed by atoms with Crippen LogP contribution in [0, 0.1) is 6.92 Å². The molecule has 2 heterocycles. The lowest BCUT2D eigenvalue weighted by Gasteiger charge is -2.24. The van der Waals surface area contributed by atoms with Crippen LogP contribution in [-0.2, 0) is 6.42 Å². The Bertz CT molecular complexity index is 394. The lowest BCUT2D eigenvalue weighted by atomic mass is 9.95. The average Bonchev–Trinajstić information content (AvgIpc) is 2.81. The van der Waals surface area contributed by atoms with Crippen molar-refractivity contribution < 1.29 is 4.74 Å². The second kappa shape index (κ2) is 4.10. The Morgan fingerprint density at radius 3 is 3.06 bits per heavy atom. The second-order valence-electron chi connectivity index (χ2n) is 4.94. The van der Waals surface area contributed by atoms with Gasteiger partial charge in [-0.2, -0.15) is 0 Å². The summed E-state index contributed by atoms with van der Waals surface area (Å²) < 4.78 is 5.88. The van der Waals surface area contributed by atoms with Crippen LogP contribution >= 0.6 is 0 Å². The molecule has 2 aliphatic rings. The van der Waals surface area contributed by atoms with Crippen LogP contribution in [-0.4, -0.2) is 13.2 Å². The maximum atomic E-state index is 5.88. The summed E-state index contributed by atoms with van der Waals surface area (Å²) in [4.78, 5) is 0. The molecular weight excluding hydrogens is 198 g/mol. The van der Waals surface area contributed by atoms with Gasteiger partial charge in [-0.05, 0) is 44.7 Å². The standard InChI is InChI=1S/C14H19NO/c1-10-8-11-4-3-7-16-14(11)12(9-10)13-5-2-6-15-13/h8-9,13,15H,2-7H2,1H3/t13-/m0/s1. The highest BCUT2D eigenvalue weighted by molar-refractivity contribution is 5.47. The lowest BCUT2D eigenvalue weighted by Crippen LogP contribution is -2.17. The largest absolute Gasteiger partial charge is 0.493 e. The van der Waals surface area contributed by atoms with E-state index in [1.807, 2.05) is 0 Å². The van der Waals surface area contributed by atoms with Gasteiger partial charge < -0.3 is 10.1 Å². The van der Waals surface area contributed by atoms with Crippen LogP contribution in [0.1, 0.15) is 42.0 Å². The number of aryl methyl sites for hydroxylation is 2. The SMILES string of the molecule is Cc1cc2c(c([C@@H]3CCCN3)c1)OCCC2. The summed E-state index contributed by atoms with van der Waals surface area (Å²) in [6, 6.07) is 5.10. The number of benzene rings is 1. The van der Waals surface area contributed by atoms with Gasteiger partial charge in [0.2, 0.25) is 0 Å². The summed E-state index contributed by atoms with van der Waals surface area (Å²) in [5.41, 5.74) is 4.18. The predicted octanol–water partition coefficient (Wildman–Crippen LogP) is 2.74. The molecule has 1 atom stereocenters. The molecule has 2 nitrogen and oxygen atoms in total. The predicted molar refractivity (Wildman–Crippen MR) is 65.0 cm³/mol. The van der Waals surface area contributed by atoms with E-state index in [4.69, 9.17) is 4.74 Å². The summed E-state index contributed by atoms with van der Waals surface area (Å²) in [5.74, 6) is 1.18. The normalized spacial score (nSPS) is 23.9. The second-order valence-corrected chi connectivity index (χ2v) is 4.94. The molecule has 3 rings (SSSR count). The molecule has 2 aliphatic heterocycles. The molecule has 2 heteroatoms. The summed E-state index contributed by atoms with van der Waals surface area (Å²) in [7, 11) is 0. The van der Waals surface area contributed by atoms with E-state index in [0.717, 1.165) is 19.6 Å². The lowest BCUT2D eigenvalue weighted by molar-refractivity contribution is 0.282. The Labute approximate surface area is 97.0 Å². The van der Waals surface area contributed by atoms with Crippen molar-refractivity contribution in [1.29, 1.82) is 0 Å². The van der Waals surface area contributed by atoms with Crippen molar-refractivity contribution in [3.8, 4) is 5.75 Å². The highest BCUT2D eigenvalue weighted by Crippen LogP contribution is 2.37. The van der Waals surface area contributed by atoms with Crippen LogP contribution in [0.5, 0.6) is 5.75 Å². The van der Waals surface area contributed by atoms with Crippen molar-refractivity contribution >= 4 is 0 Å². The average molecular weight is 217 g/mol. The number of fused-ring (bicyclic) bond motifs is 1. The third-order valence-corrected chi connectivity index (χ3v) is 3.61. The van der Waals surface area contributed by atoms with Crippen molar-refractivity contribution in [2.24, 2.45) is 0 Å². The molecule has 0 unspecified atom stereocenters. The molecule has 1 aromatic carbocycles. The first-order valence-electron chi connectivity index (χ1n) is 6.34. The molecular formula is C14H19NO. The maximum Gasteiger partial charge on any atom is 0.127 e. The van der Waals surface area contributed by atoms with Gasteiger partial charge in [0.25, 0.3) is 0 Å². The van der Waals surface area contributed by atoms with Crippen molar-refractivity contribution in [2.75, 3.05) is 13.2 Å². The fraction of sp³-hybridized carbons (Fsp3) is 0.571. The summed E-state index contributed by atoms with van der Waals surface area (Å²) in [6.45, 7) is 4.22. The first-order chi connectivity index (χ1) is 7.84. The fourth-order valence-electron chi connectivity index (χ4n) is 2.89. The molecule has 0 saturated carbocycles. The van der Waals surface area contributed by atoms with Gasteiger partial charge in [-0.25, -0.2) is 0 Å². The van der Waals surface area contributed by atoms with Crippen molar-refractivity contribution in [1.82, 2.24) is 5.32 Å². The van der Waals surface area contributed by atoms with Gasteiger partial charge in [-0.1, -0.05) is 17.7 Å². The molecule has 1 fully saturated rings. The minimum atomic E-state index is 0.520. The summed E-state index contributed by atoms with van der Waals surface area (Å²) in [5, 5.41) is 3.57. The topological polar surface area (TPSA) is 21.3 Å². The van der Waals surface area contributed by atoms with Gasteiger partial charge in [0.15, 0.2) is 0 Å². The highest BCUT2D eigenvalue weighted by atomic mass is 16.5. The van der Waals surface area contributed by atoms with Crippen LogP contribution in [0.4, 0.5) is 0 Å². The molecule has 1 N–H and O–H groups in total. The first kappa shape index (κ1) is 10.2. The van der Waals surface area contributed by atoms with Crippen molar-refractivity contribution in [3.63, 3.8) is 0 Å². The van der Waals surface area contributed by atoms with Gasteiger partial charge in [0.1, 0.15) is 5.75 Å². The molecule has 0 spiro atoms. The zero-order chi connectivity index (χ0) is 11.0. The first-order valence-corrected chi connectivity index (χ1v) is 6.34. The number of hydrogen-bond acceptors (Lipinski definition) is 2. The van der Waals surface area contributed by atoms with E-state index < -0.39 is 0 Å². The zero-order valence-electron chi connectivity index (χ0n) is 9.88. The Morgan fingerprint density at radius 2 is 2.25 bits per heavy atom. The Balaban J connectivity index is 2.04. The van der Waals surface area contributed by atoms with Gasteiger partial charge in [-0.15, -0.1) is 0 Å². The van der Waals surface area contributed by atoms with E-state index >= 15 is 0 Å². The Morgan fingerprint density at radius 1 is 1.31 bits per heavy atom. The minimum Gasteiger partial charge on any atom is -0.493 e. The van der Waals surface area contributed by atoms with E-state index in [9.17, 15) is 0 Å². The van der Waals surface area contributed by atoms with E-state index in [-0.39, 0.29) is 0 Å².